The van der Waals surface area contributed by atoms with Crippen molar-refractivity contribution in [1.82, 2.24) is 9.55 Å². The molecule has 0 atom stereocenters. The number of imidazole rings is 1. The van der Waals surface area contributed by atoms with Crippen molar-refractivity contribution in [3.8, 4) is 16.9 Å². The Morgan fingerprint density at radius 1 is 0.938 bits per heavy atom. The van der Waals surface area contributed by atoms with Crippen LogP contribution in [0.5, 0.6) is 5.75 Å². The van der Waals surface area contributed by atoms with E-state index in [0.29, 0.717) is 18.8 Å². The molecule has 1 heterocycles. The third-order valence-electron chi connectivity index (χ3n) is 5.60. The smallest absolute Gasteiger partial charge is 0.338 e. The van der Waals surface area contributed by atoms with Crippen LogP contribution < -0.4 is 4.74 Å². The normalized spacial score (nSPS) is 11.0. The largest absolute Gasteiger partial charge is 0.494 e. The van der Waals surface area contributed by atoms with E-state index in [2.05, 4.69) is 29.7 Å². The van der Waals surface area contributed by atoms with Crippen molar-refractivity contribution >= 4 is 17.0 Å². The molecule has 5 heteroatoms. The van der Waals surface area contributed by atoms with E-state index >= 15 is 0 Å². The van der Waals surface area contributed by atoms with Gasteiger partial charge in [0.25, 0.3) is 0 Å². The van der Waals surface area contributed by atoms with Crippen LogP contribution in [0, 0.1) is 13.8 Å². The van der Waals surface area contributed by atoms with Crippen LogP contribution in [0.25, 0.3) is 22.2 Å². The molecular weight excluding hydrogens is 400 g/mol. The summed E-state index contributed by atoms with van der Waals surface area (Å²) >= 11 is 0. The lowest BCUT2D eigenvalue weighted by atomic mass is 10.0. The average molecular weight is 429 g/mol. The van der Waals surface area contributed by atoms with Gasteiger partial charge in [0.05, 0.1) is 29.8 Å². The fourth-order valence-corrected chi connectivity index (χ4v) is 3.94. The van der Waals surface area contributed by atoms with Gasteiger partial charge in [0.15, 0.2) is 0 Å². The highest BCUT2D eigenvalue weighted by Crippen LogP contribution is 2.27. The summed E-state index contributed by atoms with van der Waals surface area (Å²) in [4.78, 5) is 16.9. The molecule has 0 N–H and O–H groups in total. The Morgan fingerprint density at radius 3 is 2.50 bits per heavy atom. The number of aromatic nitrogens is 2. The second-order valence-electron chi connectivity index (χ2n) is 7.77. The summed E-state index contributed by atoms with van der Waals surface area (Å²) < 4.78 is 13.0. The highest BCUT2D eigenvalue weighted by Gasteiger charge is 2.13. The Morgan fingerprint density at radius 2 is 1.75 bits per heavy atom. The Labute approximate surface area is 188 Å². The van der Waals surface area contributed by atoms with Gasteiger partial charge in [-0.2, -0.15) is 0 Å². The first-order valence-electron chi connectivity index (χ1n) is 11.0. The topological polar surface area (TPSA) is 53.3 Å². The molecule has 4 aromatic rings. The number of aryl methyl sites for hydroxylation is 2. The van der Waals surface area contributed by atoms with Crippen molar-refractivity contribution in [1.29, 1.82) is 0 Å². The zero-order valence-corrected chi connectivity index (χ0v) is 19.0. The van der Waals surface area contributed by atoms with Gasteiger partial charge in [-0.1, -0.05) is 24.3 Å². The van der Waals surface area contributed by atoms with Crippen LogP contribution in [-0.4, -0.2) is 28.7 Å². The van der Waals surface area contributed by atoms with Gasteiger partial charge < -0.3 is 14.0 Å². The van der Waals surface area contributed by atoms with Crippen molar-refractivity contribution in [2.75, 3.05) is 13.2 Å². The third kappa shape index (κ3) is 4.37. The van der Waals surface area contributed by atoms with E-state index in [1.807, 2.05) is 57.2 Å². The van der Waals surface area contributed by atoms with Crippen LogP contribution in [0.4, 0.5) is 0 Å². The van der Waals surface area contributed by atoms with Gasteiger partial charge in [-0.25, -0.2) is 9.78 Å². The molecule has 32 heavy (non-hydrogen) atoms. The molecular formula is C27H28N2O3. The van der Waals surface area contributed by atoms with Crippen molar-refractivity contribution in [2.45, 2.75) is 34.2 Å². The van der Waals surface area contributed by atoms with Crippen molar-refractivity contribution in [2.24, 2.45) is 0 Å². The molecule has 0 bridgehead atoms. The van der Waals surface area contributed by atoms with Crippen LogP contribution in [0.2, 0.25) is 0 Å². The predicted molar refractivity (Wildman–Crippen MR) is 127 cm³/mol. The van der Waals surface area contributed by atoms with Gasteiger partial charge in [-0.15, -0.1) is 0 Å². The minimum Gasteiger partial charge on any atom is -0.494 e. The number of hydrogen-bond acceptors (Lipinski definition) is 4. The maximum absolute atomic E-state index is 12.2. The SMILES string of the molecule is CCOC(=O)c1cccc(-c2ccc3nc(C)n(Cc4ccc(OCC)cc4C)c3c2)c1. The lowest BCUT2D eigenvalue weighted by Gasteiger charge is -2.12. The van der Waals surface area contributed by atoms with Crippen molar-refractivity contribution in [3.05, 3.63) is 83.2 Å². The Balaban J connectivity index is 1.71. The molecule has 1 aromatic heterocycles. The third-order valence-corrected chi connectivity index (χ3v) is 5.60. The van der Waals surface area contributed by atoms with Gasteiger partial charge >= 0.3 is 5.97 Å². The lowest BCUT2D eigenvalue weighted by Crippen LogP contribution is -2.05. The minimum atomic E-state index is -0.303. The monoisotopic (exact) mass is 428 g/mol. The van der Waals surface area contributed by atoms with Crippen LogP contribution in [0.1, 0.15) is 41.2 Å². The summed E-state index contributed by atoms with van der Waals surface area (Å²) in [5, 5.41) is 0. The molecule has 0 unspecified atom stereocenters. The number of carbonyl (C=O) groups excluding carboxylic acids is 1. The second-order valence-corrected chi connectivity index (χ2v) is 7.77. The standard InChI is InChI=1S/C27H28N2O3/c1-5-31-24-12-10-23(18(3)14-24)17-29-19(4)28-25-13-11-21(16-26(25)29)20-8-7-9-22(15-20)27(30)32-6-2/h7-16H,5-6,17H2,1-4H3. The van der Waals surface area contributed by atoms with Crippen LogP contribution in [-0.2, 0) is 11.3 Å². The molecule has 164 valence electrons. The summed E-state index contributed by atoms with van der Waals surface area (Å²) in [5.41, 5.74) is 7.00. The predicted octanol–water partition coefficient (Wildman–Crippen LogP) is 5.94. The quantitative estimate of drug-likeness (QED) is 0.342. The molecule has 0 saturated heterocycles. The molecule has 0 aliphatic carbocycles. The Hall–Kier alpha value is -3.60. The van der Waals surface area contributed by atoms with Gasteiger partial charge in [-0.05, 0) is 86.3 Å². The number of benzene rings is 3. The van der Waals surface area contributed by atoms with E-state index in [-0.39, 0.29) is 5.97 Å². The number of hydrogen-bond donors (Lipinski definition) is 0. The van der Waals surface area contributed by atoms with Crippen LogP contribution >= 0.6 is 0 Å². The first-order valence-corrected chi connectivity index (χ1v) is 11.0. The summed E-state index contributed by atoms with van der Waals surface area (Å²) in [5.74, 6) is 1.55. The van der Waals surface area contributed by atoms with E-state index in [1.54, 1.807) is 6.07 Å². The summed E-state index contributed by atoms with van der Waals surface area (Å²) in [6.07, 6.45) is 0. The first kappa shape index (κ1) is 21.6. The summed E-state index contributed by atoms with van der Waals surface area (Å²) in [6.45, 7) is 9.69. The fraction of sp³-hybridized carbons (Fsp3) is 0.259. The summed E-state index contributed by atoms with van der Waals surface area (Å²) in [7, 11) is 0. The average Bonchev–Trinajstić information content (AvgIpc) is 3.10. The van der Waals surface area contributed by atoms with Crippen molar-refractivity contribution < 1.29 is 14.3 Å². The fourth-order valence-electron chi connectivity index (χ4n) is 3.94. The van der Waals surface area contributed by atoms with E-state index in [0.717, 1.165) is 40.3 Å². The molecule has 0 aliphatic rings. The number of rotatable bonds is 7. The first-order chi connectivity index (χ1) is 15.5. The van der Waals surface area contributed by atoms with Gasteiger partial charge in [0.1, 0.15) is 11.6 Å². The molecule has 5 nitrogen and oxygen atoms in total. The van der Waals surface area contributed by atoms with Gasteiger partial charge in [0.2, 0.25) is 0 Å². The summed E-state index contributed by atoms with van der Waals surface area (Å²) in [6, 6.07) is 20.0. The second kappa shape index (κ2) is 9.27. The molecule has 0 spiro atoms. The Kier molecular flexibility index (Phi) is 6.26. The number of nitrogens with zero attached hydrogens (tertiary/aromatic N) is 2. The molecule has 0 amide bonds. The van der Waals surface area contributed by atoms with E-state index in [9.17, 15) is 4.79 Å². The molecule has 0 fully saturated rings. The van der Waals surface area contributed by atoms with E-state index in [1.165, 1.54) is 11.1 Å². The Bertz CT molecular complexity index is 1270. The van der Waals surface area contributed by atoms with E-state index < -0.39 is 0 Å². The number of carbonyl (C=O) groups is 1. The molecule has 0 radical (unpaired) electrons. The van der Waals surface area contributed by atoms with Gasteiger partial charge in [0, 0.05) is 6.54 Å². The maximum Gasteiger partial charge on any atom is 0.338 e. The lowest BCUT2D eigenvalue weighted by molar-refractivity contribution is 0.0526. The maximum atomic E-state index is 12.2. The zero-order valence-electron chi connectivity index (χ0n) is 19.0. The van der Waals surface area contributed by atoms with Crippen LogP contribution in [0.15, 0.2) is 60.7 Å². The van der Waals surface area contributed by atoms with Gasteiger partial charge in [-0.3, -0.25) is 0 Å². The molecule has 0 saturated carbocycles. The zero-order chi connectivity index (χ0) is 22.7. The number of esters is 1. The molecule has 3 aromatic carbocycles. The highest BCUT2D eigenvalue weighted by molar-refractivity contribution is 5.91. The van der Waals surface area contributed by atoms with Crippen LogP contribution in [0.3, 0.4) is 0 Å². The number of ether oxygens (including phenoxy) is 2. The minimum absolute atomic E-state index is 0.303. The van der Waals surface area contributed by atoms with E-state index in [4.69, 9.17) is 14.5 Å². The van der Waals surface area contributed by atoms with Crippen molar-refractivity contribution in [3.63, 3.8) is 0 Å². The highest BCUT2D eigenvalue weighted by atomic mass is 16.5. The molecule has 0 aliphatic heterocycles. The molecule has 4 rings (SSSR count). The number of fused-ring (bicyclic) bond motifs is 1.